The van der Waals surface area contributed by atoms with Crippen LogP contribution in [0.25, 0.3) is 0 Å². The van der Waals surface area contributed by atoms with Gasteiger partial charge in [-0.15, -0.1) is 0 Å². The quantitative estimate of drug-likeness (QED) is 0.237. The summed E-state index contributed by atoms with van der Waals surface area (Å²) in [6.45, 7) is 0.596. The third kappa shape index (κ3) is 6.67. The minimum absolute atomic E-state index is 0.366. The molecule has 0 radical (unpaired) electrons. The van der Waals surface area contributed by atoms with Gasteiger partial charge in [0.15, 0.2) is 15.4 Å². The molecule has 0 bridgehead atoms. The third-order valence-electron chi connectivity index (χ3n) is 3.68. The molecule has 0 aliphatic rings. The Morgan fingerprint density at radius 3 is 1.87 bits per heavy atom. The van der Waals surface area contributed by atoms with Crippen LogP contribution in [0.1, 0.15) is 5.56 Å². The van der Waals surface area contributed by atoms with E-state index < -0.39 is 0 Å². The molecule has 0 aliphatic heterocycles. The fraction of sp³-hybridized carbons (Fsp3) is 0.0500. The maximum absolute atomic E-state index is 5.42. The number of rotatable bonds is 7. The van der Waals surface area contributed by atoms with E-state index in [-0.39, 0.29) is 0 Å². The van der Waals surface area contributed by atoms with Crippen LogP contribution in [0.3, 0.4) is 0 Å². The van der Waals surface area contributed by atoms with Crippen LogP contribution in [0.15, 0.2) is 93.7 Å². The summed E-state index contributed by atoms with van der Waals surface area (Å²) in [4.78, 5) is 26.1. The predicted molar refractivity (Wildman–Crippen MR) is 124 cm³/mol. The van der Waals surface area contributed by atoms with Gasteiger partial charge in [-0.25, -0.2) is 29.9 Å². The fourth-order valence-corrected chi connectivity index (χ4v) is 4.02. The van der Waals surface area contributed by atoms with Crippen LogP contribution < -0.4 is 10.6 Å². The van der Waals surface area contributed by atoms with Gasteiger partial charge in [-0.3, -0.25) is 0 Å². The van der Waals surface area contributed by atoms with Crippen molar-refractivity contribution in [3.63, 3.8) is 0 Å². The van der Waals surface area contributed by atoms with Crippen molar-refractivity contribution in [2.24, 2.45) is 0 Å². The summed E-state index contributed by atoms with van der Waals surface area (Å²) >= 11 is 8.08. The maximum Gasteiger partial charge on any atom is 0.231 e. The Labute approximate surface area is 192 Å². The highest BCUT2D eigenvalue weighted by atomic mass is 32.2. The van der Waals surface area contributed by atoms with Crippen molar-refractivity contribution < 1.29 is 0 Å². The molecule has 0 aliphatic carbocycles. The lowest BCUT2D eigenvalue weighted by Crippen LogP contribution is -2.28. The molecular formula is C20H16N8S3. The van der Waals surface area contributed by atoms with Crippen LogP contribution in [0.5, 0.6) is 0 Å². The Morgan fingerprint density at radius 2 is 1.32 bits per heavy atom. The summed E-state index contributed by atoms with van der Waals surface area (Å²) in [6, 6.07) is 15.4. The average molecular weight is 465 g/mol. The lowest BCUT2D eigenvalue weighted by Gasteiger charge is -2.11. The molecule has 3 heterocycles. The number of benzene rings is 1. The number of aromatic nitrogens is 6. The van der Waals surface area contributed by atoms with Gasteiger partial charge in [0.2, 0.25) is 5.95 Å². The predicted octanol–water partition coefficient (Wildman–Crippen LogP) is 3.85. The highest BCUT2D eigenvalue weighted by Crippen LogP contribution is 2.29. The largest absolute Gasteiger partial charge is 0.358 e. The van der Waals surface area contributed by atoms with Crippen LogP contribution in [0, 0.1) is 0 Å². The van der Waals surface area contributed by atoms with E-state index in [0.717, 1.165) is 5.56 Å². The third-order valence-corrected chi connectivity index (χ3v) is 5.55. The molecular weight excluding hydrogens is 448 g/mol. The van der Waals surface area contributed by atoms with Crippen LogP contribution >= 0.6 is 35.7 Å². The van der Waals surface area contributed by atoms with Crippen molar-refractivity contribution in [1.29, 1.82) is 0 Å². The fourth-order valence-electron chi connectivity index (χ4n) is 2.35. The Balaban J connectivity index is 1.51. The number of hydrogen-bond donors (Lipinski definition) is 2. The van der Waals surface area contributed by atoms with Crippen molar-refractivity contribution in [3.8, 4) is 0 Å². The molecule has 4 aromatic rings. The van der Waals surface area contributed by atoms with Crippen LogP contribution in [-0.4, -0.2) is 35.0 Å². The van der Waals surface area contributed by atoms with Gasteiger partial charge in [0.1, 0.15) is 10.1 Å². The van der Waals surface area contributed by atoms with Crippen LogP contribution in [0.4, 0.5) is 5.95 Å². The Morgan fingerprint density at radius 1 is 0.774 bits per heavy atom. The molecule has 4 rings (SSSR count). The second kappa shape index (κ2) is 10.8. The van der Waals surface area contributed by atoms with E-state index in [1.807, 2.05) is 36.4 Å². The zero-order valence-corrected chi connectivity index (χ0v) is 18.5. The Bertz CT molecular complexity index is 1070. The number of nitrogens with one attached hydrogen (secondary N) is 2. The number of thiocarbonyl (C=S) groups is 1. The van der Waals surface area contributed by atoms with Crippen molar-refractivity contribution in [2.45, 2.75) is 26.9 Å². The van der Waals surface area contributed by atoms with E-state index in [1.54, 1.807) is 36.9 Å². The molecule has 1 aromatic carbocycles. The summed E-state index contributed by atoms with van der Waals surface area (Å²) in [5.74, 6) is 0.366. The molecule has 3 aromatic heterocycles. The smallest absolute Gasteiger partial charge is 0.231 e. The van der Waals surface area contributed by atoms with Crippen LogP contribution in [-0.2, 0) is 6.54 Å². The van der Waals surface area contributed by atoms with Gasteiger partial charge in [-0.1, -0.05) is 30.3 Å². The molecule has 0 saturated carbocycles. The van der Waals surface area contributed by atoms with Gasteiger partial charge in [0, 0.05) is 37.4 Å². The van der Waals surface area contributed by atoms with E-state index in [2.05, 4.69) is 40.5 Å². The number of nitrogens with zero attached hydrogens (tertiary/aromatic N) is 6. The zero-order valence-electron chi connectivity index (χ0n) is 16.0. The topological polar surface area (TPSA) is 101 Å². The van der Waals surface area contributed by atoms with E-state index in [0.29, 0.717) is 38.0 Å². The first-order chi connectivity index (χ1) is 15.2. The second-order valence-corrected chi connectivity index (χ2v) is 8.31. The summed E-state index contributed by atoms with van der Waals surface area (Å²) < 4.78 is 0. The molecule has 0 unspecified atom stereocenters. The van der Waals surface area contributed by atoms with Gasteiger partial charge in [-0.2, -0.15) is 0 Å². The van der Waals surface area contributed by atoms with E-state index in [4.69, 9.17) is 12.2 Å². The minimum atomic E-state index is 0.366. The van der Waals surface area contributed by atoms with Crippen molar-refractivity contribution in [3.05, 3.63) is 78.9 Å². The van der Waals surface area contributed by atoms with E-state index in [9.17, 15) is 0 Å². The van der Waals surface area contributed by atoms with Gasteiger partial charge in [-0.05, 0) is 53.4 Å². The summed E-state index contributed by atoms with van der Waals surface area (Å²) in [7, 11) is 0. The molecule has 0 fully saturated rings. The number of hydrogen-bond acceptors (Lipinski definition) is 9. The first-order valence-corrected chi connectivity index (χ1v) is 11.2. The monoisotopic (exact) mass is 464 g/mol. The van der Waals surface area contributed by atoms with Crippen molar-refractivity contribution in [2.75, 3.05) is 5.32 Å². The van der Waals surface area contributed by atoms with Gasteiger partial charge < -0.3 is 10.6 Å². The lowest BCUT2D eigenvalue weighted by molar-refractivity contribution is 0.910. The molecule has 2 N–H and O–H groups in total. The molecule has 8 nitrogen and oxygen atoms in total. The van der Waals surface area contributed by atoms with E-state index >= 15 is 0 Å². The Kier molecular flexibility index (Phi) is 7.32. The average Bonchev–Trinajstić information content (AvgIpc) is 2.80. The van der Waals surface area contributed by atoms with Gasteiger partial charge in [0.25, 0.3) is 0 Å². The molecule has 0 amide bonds. The Hall–Kier alpha value is -3.15. The van der Waals surface area contributed by atoms with Gasteiger partial charge in [0.05, 0.1) is 0 Å². The molecule has 11 heteroatoms. The van der Waals surface area contributed by atoms with Crippen molar-refractivity contribution >= 4 is 46.8 Å². The molecule has 154 valence electrons. The normalized spacial score (nSPS) is 10.5. The molecule has 0 atom stereocenters. The maximum atomic E-state index is 5.42. The highest BCUT2D eigenvalue weighted by Gasteiger charge is 2.11. The number of anilines is 1. The highest BCUT2D eigenvalue weighted by molar-refractivity contribution is 7.99. The second-order valence-electron chi connectivity index (χ2n) is 5.93. The zero-order chi connectivity index (χ0) is 21.3. The summed E-state index contributed by atoms with van der Waals surface area (Å²) in [6.07, 6.45) is 6.75. The SMILES string of the molecule is S=C(NCc1ccccc1)Nc1nc(Sc2ncccn2)cc(Sc2ncccn2)n1. The van der Waals surface area contributed by atoms with Crippen LogP contribution in [0.2, 0.25) is 0 Å². The van der Waals surface area contributed by atoms with Crippen molar-refractivity contribution in [1.82, 2.24) is 35.2 Å². The molecule has 31 heavy (non-hydrogen) atoms. The first-order valence-electron chi connectivity index (χ1n) is 9.12. The lowest BCUT2D eigenvalue weighted by atomic mass is 10.2. The molecule has 0 saturated heterocycles. The standard InChI is InChI=1S/C20H16N8S3/c29-18(25-13-14-6-2-1-3-7-14)28-17-26-15(30-19-21-8-4-9-22-19)12-16(27-17)31-20-23-10-5-11-24-20/h1-12H,13H2,(H2,25,26,27,28,29). The summed E-state index contributed by atoms with van der Waals surface area (Å²) in [5, 5.41) is 9.16. The van der Waals surface area contributed by atoms with E-state index in [1.165, 1.54) is 23.5 Å². The molecule has 0 spiro atoms. The van der Waals surface area contributed by atoms with Gasteiger partial charge >= 0.3 is 0 Å². The summed E-state index contributed by atoms with van der Waals surface area (Å²) in [5.41, 5.74) is 1.12. The minimum Gasteiger partial charge on any atom is -0.358 e. The first kappa shape index (κ1) is 21.1.